The molecule has 1 N–H and O–H groups in total. The Morgan fingerprint density at radius 1 is 0.311 bits per heavy atom. The monoisotopic (exact) mass is 656 g/mol. The standard InChI is InChI=1S/C41H83O3P/c1-2-3-4-5-6-7-8-9-10-11-12-13-14-15-16-17-18-19-20-21-22-23-24-25-26-27-28-29-30-31-32-33-34-35-36-37-38-39-40-41-44-45(42)43/h2-41H2,1H3/p+1. The van der Waals surface area contributed by atoms with Gasteiger partial charge in [0.25, 0.3) is 0 Å². The third-order valence-corrected chi connectivity index (χ3v) is 10.4. The summed E-state index contributed by atoms with van der Waals surface area (Å²) in [7, 11) is -2.40. The quantitative estimate of drug-likeness (QED) is 0.0526. The normalized spacial score (nSPS) is 11.9. The van der Waals surface area contributed by atoms with Crippen LogP contribution >= 0.6 is 8.25 Å². The predicted octanol–water partition coefficient (Wildman–Crippen LogP) is 15.9. The summed E-state index contributed by atoms with van der Waals surface area (Å²) in [6.07, 6.45) is 55.6. The molecule has 0 aromatic rings. The molecule has 0 fully saturated rings. The Morgan fingerprint density at radius 3 is 0.622 bits per heavy atom. The van der Waals surface area contributed by atoms with Crippen molar-refractivity contribution in [3.05, 3.63) is 0 Å². The lowest BCUT2D eigenvalue weighted by Crippen LogP contribution is -1.87. The largest absolute Gasteiger partial charge is 0.694 e. The minimum atomic E-state index is -2.40. The summed E-state index contributed by atoms with van der Waals surface area (Å²) >= 11 is 0. The molecule has 3 nitrogen and oxygen atoms in total. The molecule has 45 heavy (non-hydrogen) atoms. The first kappa shape index (κ1) is 45.0. The van der Waals surface area contributed by atoms with E-state index < -0.39 is 8.25 Å². The van der Waals surface area contributed by atoms with Crippen molar-refractivity contribution in [3.63, 3.8) is 0 Å². The molecule has 0 aliphatic carbocycles. The van der Waals surface area contributed by atoms with Crippen molar-refractivity contribution < 1.29 is 14.0 Å². The van der Waals surface area contributed by atoms with Gasteiger partial charge in [-0.2, -0.15) is 0 Å². The van der Waals surface area contributed by atoms with Crippen LogP contribution in [-0.2, 0) is 9.09 Å². The van der Waals surface area contributed by atoms with Gasteiger partial charge in [-0.3, -0.25) is 0 Å². The predicted molar refractivity (Wildman–Crippen MR) is 202 cm³/mol. The minimum absolute atomic E-state index is 0.422. The highest BCUT2D eigenvalue weighted by Crippen LogP contribution is 2.18. The van der Waals surface area contributed by atoms with Crippen LogP contribution in [0.5, 0.6) is 0 Å². The highest BCUT2D eigenvalue weighted by Gasteiger charge is 2.09. The Labute approximate surface area is 285 Å². The van der Waals surface area contributed by atoms with E-state index in [2.05, 4.69) is 11.4 Å². The van der Waals surface area contributed by atoms with Crippen molar-refractivity contribution in [2.45, 2.75) is 257 Å². The smallest absolute Gasteiger partial charge is 0.133 e. The first-order valence-electron chi connectivity index (χ1n) is 21.1. The molecule has 0 rings (SSSR count). The summed E-state index contributed by atoms with van der Waals surface area (Å²) < 4.78 is 15.1. The van der Waals surface area contributed by atoms with Crippen LogP contribution in [0.1, 0.15) is 257 Å². The molecule has 0 aromatic heterocycles. The van der Waals surface area contributed by atoms with E-state index in [-0.39, 0.29) is 0 Å². The van der Waals surface area contributed by atoms with Gasteiger partial charge < -0.3 is 0 Å². The van der Waals surface area contributed by atoms with Crippen LogP contribution in [0.15, 0.2) is 0 Å². The molecule has 0 aliphatic heterocycles. The van der Waals surface area contributed by atoms with Crippen molar-refractivity contribution in [1.29, 1.82) is 0 Å². The van der Waals surface area contributed by atoms with Crippen LogP contribution < -0.4 is 0 Å². The molecule has 0 bridgehead atoms. The number of unbranched alkanes of at least 4 members (excludes halogenated alkanes) is 38. The van der Waals surface area contributed by atoms with Gasteiger partial charge in [0.1, 0.15) is 6.61 Å². The van der Waals surface area contributed by atoms with E-state index in [1.54, 1.807) is 0 Å². The van der Waals surface area contributed by atoms with Gasteiger partial charge in [-0.25, -0.2) is 0 Å². The highest BCUT2D eigenvalue weighted by atomic mass is 31.1. The van der Waals surface area contributed by atoms with E-state index in [1.165, 1.54) is 238 Å². The summed E-state index contributed by atoms with van der Waals surface area (Å²) in [6.45, 7) is 2.73. The van der Waals surface area contributed by atoms with Crippen molar-refractivity contribution in [2.24, 2.45) is 0 Å². The summed E-state index contributed by atoms with van der Waals surface area (Å²) in [4.78, 5) is 8.57. The SMILES string of the molecule is CCCCCCCCCCCCCCCCCCCCCCCCCCCCCCCCCCCCCCCCCO[P+](=O)O. The molecule has 1 atom stereocenters. The van der Waals surface area contributed by atoms with Crippen LogP contribution in [0, 0.1) is 0 Å². The lowest BCUT2D eigenvalue weighted by Gasteiger charge is -2.05. The van der Waals surface area contributed by atoms with Gasteiger partial charge in [-0.1, -0.05) is 251 Å². The van der Waals surface area contributed by atoms with Crippen LogP contribution in [0.25, 0.3) is 0 Å². The number of hydrogen-bond acceptors (Lipinski definition) is 2. The molecule has 0 spiro atoms. The number of rotatable bonds is 41. The maximum Gasteiger partial charge on any atom is 0.694 e. The molecular weight excluding hydrogens is 571 g/mol. The van der Waals surface area contributed by atoms with E-state index in [9.17, 15) is 4.57 Å². The van der Waals surface area contributed by atoms with Crippen molar-refractivity contribution in [3.8, 4) is 0 Å². The molecule has 4 heteroatoms. The lowest BCUT2D eigenvalue weighted by molar-refractivity contribution is 0.273. The van der Waals surface area contributed by atoms with Crippen LogP contribution in [0.4, 0.5) is 0 Å². The van der Waals surface area contributed by atoms with Gasteiger partial charge in [0, 0.05) is 4.57 Å². The third-order valence-electron chi connectivity index (χ3n) is 9.95. The molecular formula is C41H84O3P+. The van der Waals surface area contributed by atoms with Gasteiger partial charge >= 0.3 is 8.25 Å². The second kappa shape index (κ2) is 42.0. The Balaban J connectivity index is 3.04. The maximum atomic E-state index is 10.4. The fraction of sp³-hybridized carbons (Fsp3) is 1.00. The zero-order chi connectivity index (χ0) is 32.6. The Bertz CT molecular complexity index is 541. The van der Waals surface area contributed by atoms with E-state index in [4.69, 9.17) is 4.89 Å². The van der Waals surface area contributed by atoms with E-state index >= 15 is 0 Å². The molecule has 270 valence electrons. The molecule has 0 saturated carbocycles. The minimum Gasteiger partial charge on any atom is -0.133 e. The van der Waals surface area contributed by atoms with Crippen LogP contribution in [-0.4, -0.2) is 11.5 Å². The molecule has 0 aliphatic rings. The zero-order valence-corrected chi connectivity index (χ0v) is 31.9. The summed E-state index contributed by atoms with van der Waals surface area (Å²) in [5.41, 5.74) is 0. The van der Waals surface area contributed by atoms with Crippen molar-refractivity contribution in [1.82, 2.24) is 0 Å². The van der Waals surface area contributed by atoms with E-state index in [1.807, 2.05) is 0 Å². The van der Waals surface area contributed by atoms with Gasteiger partial charge in [0.2, 0.25) is 0 Å². The first-order chi connectivity index (χ1) is 22.3. The molecule has 0 saturated heterocycles. The Kier molecular flexibility index (Phi) is 42.1. The van der Waals surface area contributed by atoms with E-state index in [0.717, 1.165) is 12.8 Å². The molecule has 0 radical (unpaired) electrons. The Hall–Kier alpha value is 0.0200. The second-order valence-electron chi connectivity index (χ2n) is 14.5. The van der Waals surface area contributed by atoms with Crippen molar-refractivity contribution in [2.75, 3.05) is 6.61 Å². The average molecular weight is 656 g/mol. The molecule has 0 heterocycles. The second-order valence-corrected chi connectivity index (χ2v) is 15.2. The van der Waals surface area contributed by atoms with Crippen LogP contribution in [0.2, 0.25) is 0 Å². The zero-order valence-electron chi connectivity index (χ0n) is 31.0. The fourth-order valence-corrected chi connectivity index (χ4v) is 7.14. The van der Waals surface area contributed by atoms with E-state index in [0.29, 0.717) is 6.61 Å². The van der Waals surface area contributed by atoms with Crippen LogP contribution in [0.3, 0.4) is 0 Å². The molecule has 0 aromatic carbocycles. The molecule has 1 unspecified atom stereocenters. The average Bonchev–Trinajstić information content (AvgIpc) is 3.03. The van der Waals surface area contributed by atoms with Crippen molar-refractivity contribution >= 4 is 8.25 Å². The highest BCUT2D eigenvalue weighted by molar-refractivity contribution is 7.32. The summed E-state index contributed by atoms with van der Waals surface area (Å²) in [5, 5.41) is 0. The fourth-order valence-electron chi connectivity index (χ4n) is 6.86. The third kappa shape index (κ3) is 44.0. The van der Waals surface area contributed by atoms with Gasteiger partial charge in [-0.05, 0) is 6.42 Å². The first-order valence-corrected chi connectivity index (χ1v) is 22.2. The molecule has 0 amide bonds. The maximum absolute atomic E-state index is 10.4. The number of hydrogen-bond donors (Lipinski definition) is 1. The summed E-state index contributed by atoms with van der Waals surface area (Å²) in [5.74, 6) is 0. The lowest BCUT2D eigenvalue weighted by atomic mass is 10.0. The summed E-state index contributed by atoms with van der Waals surface area (Å²) in [6, 6.07) is 0. The Morgan fingerprint density at radius 2 is 0.467 bits per heavy atom. The van der Waals surface area contributed by atoms with Gasteiger partial charge in [0.15, 0.2) is 0 Å². The van der Waals surface area contributed by atoms with Gasteiger partial charge in [0.05, 0.1) is 0 Å². The topological polar surface area (TPSA) is 46.5 Å². The van der Waals surface area contributed by atoms with Gasteiger partial charge in [-0.15, -0.1) is 9.42 Å².